The van der Waals surface area contributed by atoms with Gasteiger partial charge in [0.2, 0.25) is 0 Å². The highest BCUT2D eigenvalue weighted by molar-refractivity contribution is 5.63. The first-order valence-corrected chi connectivity index (χ1v) is 9.25. The van der Waals surface area contributed by atoms with Gasteiger partial charge < -0.3 is 4.98 Å². The van der Waals surface area contributed by atoms with Crippen molar-refractivity contribution in [3.8, 4) is 11.3 Å². The molecule has 0 aliphatic heterocycles. The molecule has 0 spiro atoms. The zero-order valence-corrected chi connectivity index (χ0v) is 15.6. The van der Waals surface area contributed by atoms with E-state index in [0.29, 0.717) is 23.1 Å². The molecule has 0 saturated heterocycles. The van der Waals surface area contributed by atoms with Crippen molar-refractivity contribution in [2.75, 3.05) is 0 Å². The fourth-order valence-corrected chi connectivity index (χ4v) is 3.85. The van der Waals surface area contributed by atoms with Crippen LogP contribution in [0.1, 0.15) is 40.5 Å². The second-order valence-corrected chi connectivity index (χ2v) is 7.46. The first kappa shape index (κ1) is 16.7. The normalized spacial score (nSPS) is 18.5. The molecule has 1 unspecified atom stereocenters. The second-order valence-electron chi connectivity index (χ2n) is 7.46. The van der Waals surface area contributed by atoms with Crippen LogP contribution in [0, 0.1) is 13.8 Å². The Hall–Kier alpha value is -3.48. The minimum Gasteiger partial charge on any atom is -0.313 e. The van der Waals surface area contributed by atoms with Crippen LogP contribution in [0.2, 0.25) is 0 Å². The number of H-pyrrole nitrogens is 2. The Labute approximate surface area is 160 Å². The number of hydrogen-bond donors (Lipinski definition) is 2. The first-order valence-electron chi connectivity index (χ1n) is 9.25. The molecule has 1 saturated carbocycles. The van der Waals surface area contributed by atoms with Crippen LogP contribution in [-0.2, 0) is 0 Å². The number of fused-ring (bicyclic) bond motifs is 1. The second kappa shape index (κ2) is 6.02. The van der Waals surface area contributed by atoms with Crippen LogP contribution in [0.5, 0.6) is 0 Å². The van der Waals surface area contributed by atoms with Crippen molar-refractivity contribution < 1.29 is 0 Å². The summed E-state index contributed by atoms with van der Waals surface area (Å²) in [6.07, 6.45) is 5.93. The van der Waals surface area contributed by atoms with E-state index in [1.807, 2.05) is 6.07 Å². The monoisotopic (exact) mass is 373 g/mol. The van der Waals surface area contributed by atoms with Gasteiger partial charge in [-0.15, -0.1) is 0 Å². The Bertz CT molecular complexity index is 1330. The van der Waals surface area contributed by atoms with Gasteiger partial charge in [0.1, 0.15) is 0 Å². The Balaban J connectivity index is 1.60. The molecule has 0 bridgehead atoms. The molecule has 1 aliphatic carbocycles. The van der Waals surface area contributed by atoms with Gasteiger partial charge >= 0.3 is 5.69 Å². The van der Waals surface area contributed by atoms with Gasteiger partial charge in [-0.25, -0.2) is 14.3 Å². The topological polar surface area (TPSA) is 95.9 Å². The fraction of sp³-hybridized carbons (Fsp3) is 0.238. The molecule has 0 radical (unpaired) electrons. The molecule has 0 amide bonds. The highest BCUT2D eigenvalue weighted by atomic mass is 16.2. The van der Waals surface area contributed by atoms with E-state index >= 15 is 0 Å². The summed E-state index contributed by atoms with van der Waals surface area (Å²) in [5, 5.41) is 4.50. The third-order valence-corrected chi connectivity index (χ3v) is 5.63. The lowest BCUT2D eigenvalue weighted by molar-refractivity contribution is 0.905. The lowest BCUT2D eigenvalue weighted by atomic mass is 10.0. The summed E-state index contributed by atoms with van der Waals surface area (Å²) in [6, 6.07) is 8.56. The van der Waals surface area contributed by atoms with Gasteiger partial charge in [0.15, 0.2) is 5.65 Å². The van der Waals surface area contributed by atoms with E-state index in [2.05, 4.69) is 52.1 Å². The van der Waals surface area contributed by atoms with Crippen LogP contribution in [-0.4, -0.2) is 24.6 Å². The molecule has 1 aliphatic rings. The van der Waals surface area contributed by atoms with Crippen molar-refractivity contribution in [2.45, 2.75) is 32.1 Å². The fourth-order valence-electron chi connectivity index (χ4n) is 3.85. The van der Waals surface area contributed by atoms with Crippen LogP contribution in [0.4, 0.5) is 0 Å². The van der Waals surface area contributed by atoms with Gasteiger partial charge in [-0.3, -0.25) is 9.78 Å². The highest BCUT2D eigenvalue weighted by Crippen LogP contribution is 2.55. The summed E-state index contributed by atoms with van der Waals surface area (Å²) in [5.74, 6) is 0.763. The summed E-state index contributed by atoms with van der Waals surface area (Å²) in [4.78, 5) is 32.8. The maximum Gasteiger partial charge on any atom is 0.325 e. The largest absolute Gasteiger partial charge is 0.325 e. The summed E-state index contributed by atoms with van der Waals surface area (Å²) < 4.78 is 1.70. The quantitative estimate of drug-likeness (QED) is 0.577. The molecule has 3 aromatic heterocycles. The number of aryl methyl sites for hydroxylation is 2. The van der Waals surface area contributed by atoms with E-state index in [1.165, 1.54) is 22.9 Å². The maximum absolute atomic E-state index is 12.2. The average molecular weight is 373 g/mol. The summed E-state index contributed by atoms with van der Waals surface area (Å²) >= 11 is 0. The Morgan fingerprint density at radius 1 is 1.11 bits per heavy atom. The van der Waals surface area contributed by atoms with E-state index in [4.69, 9.17) is 0 Å². The number of hydrogen-bond acceptors (Lipinski definition) is 4. The highest BCUT2D eigenvalue weighted by Gasteiger charge is 2.41. The molecule has 3 heterocycles. The molecule has 2 atom stereocenters. The van der Waals surface area contributed by atoms with E-state index in [0.717, 1.165) is 17.6 Å². The summed E-state index contributed by atoms with van der Waals surface area (Å²) in [5.41, 5.74) is 5.66. The predicted molar refractivity (Wildman–Crippen MR) is 106 cm³/mol. The van der Waals surface area contributed by atoms with Crippen molar-refractivity contribution >= 4 is 5.65 Å². The van der Waals surface area contributed by atoms with Gasteiger partial charge in [0.05, 0.1) is 11.3 Å². The number of nitrogens with zero attached hydrogens (tertiary/aromatic N) is 3. The van der Waals surface area contributed by atoms with E-state index in [-0.39, 0.29) is 0 Å². The lowest BCUT2D eigenvalue weighted by Crippen LogP contribution is -2.23. The molecular formula is C21H19N5O2. The molecule has 140 valence electrons. The molecule has 5 rings (SSSR count). The minimum atomic E-state index is -0.533. The lowest BCUT2D eigenvalue weighted by Gasteiger charge is -2.08. The smallest absolute Gasteiger partial charge is 0.313 e. The molecule has 1 aromatic carbocycles. The number of imidazole rings is 1. The predicted octanol–water partition coefficient (Wildman–Crippen LogP) is 2.66. The Kier molecular flexibility index (Phi) is 3.58. The number of benzene rings is 1. The van der Waals surface area contributed by atoms with Crippen LogP contribution >= 0.6 is 0 Å². The zero-order valence-electron chi connectivity index (χ0n) is 15.6. The number of aromatic amines is 2. The van der Waals surface area contributed by atoms with Crippen molar-refractivity contribution in [2.24, 2.45) is 0 Å². The maximum atomic E-state index is 12.2. The molecule has 7 nitrogen and oxygen atoms in total. The van der Waals surface area contributed by atoms with E-state index in [1.54, 1.807) is 16.9 Å². The number of rotatable bonds is 3. The van der Waals surface area contributed by atoms with Crippen molar-refractivity contribution in [3.05, 3.63) is 85.9 Å². The van der Waals surface area contributed by atoms with Gasteiger partial charge in [0.25, 0.3) is 5.56 Å². The average Bonchev–Trinajstić information content (AvgIpc) is 3.31. The minimum absolute atomic E-state index is 0.329. The van der Waals surface area contributed by atoms with Gasteiger partial charge in [0, 0.05) is 24.2 Å². The van der Waals surface area contributed by atoms with E-state index in [9.17, 15) is 9.59 Å². The molecule has 28 heavy (non-hydrogen) atoms. The number of aromatic nitrogens is 5. The van der Waals surface area contributed by atoms with Crippen LogP contribution < -0.4 is 11.2 Å². The summed E-state index contributed by atoms with van der Waals surface area (Å²) in [7, 11) is 0. The van der Waals surface area contributed by atoms with Crippen molar-refractivity contribution in [1.29, 1.82) is 0 Å². The van der Waals surface area contributed by atoms with Crippen molar-refractivity contribution in [3.63, 3.8) is 0 Å². The SMILES string of the molecule is Cc1ccc([C@H]2CC2c2cc(-c3c[nH]c(=O)[nH]c3=O)nn3ccnc23)cc1C. The molecule has 1 fully saturated rings. The molecule has 7 heteroatoms. The van der Waals surface area contributed by atoms with Crippen LogP contribution in [0.25, 0.3) is 16.9 Å². The molecule has 4 aromatic rings. The van der Waals surface area contributed by atoms with Gasteiger partial charge in [-0.05, 0) is 54.9 Å². The number of nitrogens with one attached hydrogen (secondary N) is 2. The molecule has 2 N–H and O–H groups in total. The van der Waals surface area contributed by atoms with Crippen LogP contribution in [0.3, 0.4) is 0 Å². The van der Waals surface area contributed by atoms with Crippen LogP contribution in [0.15, 0.2) is 52.4 Å². The third-order valence-electron chi connectivity index (χ3n) is 5.63. The summed E-state index contributed by atoms with van der Waals surface area (Å²) in [6.45, 7) is 4.25. The van der Waals surface area contributed by atoms with Gasteiger partial charge in [-0.1, -0.05) is 18.2 Å². The zero-order chi connectivity index (χ0) is 19.4. The Morgan fingerprint density at radius 3 is 2.75 bits per heavy atom. The standard InChI is InChI=1S/C21H19N5O2/c1-11-3-4-13(7-12(11)2)14-8-15(14)16-9-18(25-26-6-5-22-19(16)26)17-10-23-21(28)24-20(17)27/h3-7,9-10,14-15H,8H2,1-2H3,(H2,23,24,27,28)/t14-,15?/m1/s1. The Morgan fingerprint density at radius 2 is 1.96 bits per heavy atom. The van der Waals surface area contributed by atoms with Gasteiger partial charge in [-0.2, -0.15) is 5.10 Å². The third kappa shape index (κ3) is 2.67. The van der Waals surface area contributed by atoms with Crippen molar-refractivity contribution in [1.82, 2.24) is 24.6 Å². The van der Waals surface area contributed by atoms with E-state index < -0.39 is 11.2 Å². The molecular weight excluding hydrogens is 354 g/mol. The first-order chi connectivity index (χ1) is 13.5.